The molecule has 0 spiro atoms. The molecule has 2 aromatic carbocycles. The second-order valence-electron chi connectivity index (χ2n) is 4.78. The molecule has 0 bridgehead atoms. The third kappa shape index (κ3) is 2.55. The van der Waals surface area contributed by atoms with Crippen molar-refractivity contribution in [1.29, 1.82) is 0 Å². The van der Waals surface area contributed by atoms with E-state index in [4.69, 9.17) is 23.2 Å². The molecule has 106 valence electrons. The Hall–Kier alpha value is -1.84. The first-order valence-electron chi connectivity index (χ1n) is 6.47. The van der Waals surface area contributed by atoms with E-state index in [1.54, 1.807) is 35.8 Å². The van der Waals surface area contributed by atoms with Crippen molar-refractivity contribution >= 4 is 34.1 Å². The Morgan fingerprint density at radius 1 is 1.05 bits per heavy atom. The summed E-state index contributed by atoms with van der Waals surface area (Å²) in [5.41, 5.74) is 1.33. The van der Waals surface area contributed by atoms with Gasteiger partial charge in [-0.2, -0.15) is 0 Å². The lowest BCUT2D eigenvalue weighted by Gasteiger charge is -2.12. The van der Waals surface area contributed by atoms with E-state index in [0.29, 0.717) is 33.3 Å². The zero-order valence-electron chi connectivity index (χ0n) is 11.3. The SMILES string of the molecule is Cc1nc2cccc(Cl)c2c(=O)n1Cc1ccccc1Cl. The van der Waals surface area contributed by atoms with E-state index in [1.165, 1.54) is 0 Å². The largest absolute Gasteiger partial charge is 0.292 e. The maximum absolute atomic E-state index is 12.7. The summed E-state index contributed by atoms with van der Waals surface area (Å²) in [5.74, 6) is 0.634. The van der Waals surface area contributed by atoms with Gasteiger partial charge in [-0.1, -0.05) is 47.5 Å². The van der Waals surface area contributed by atoms with Gasteiger partial charge in [-0.05, 0) is 30.7 Å². The quantitative estimate of drug-likeness (QED) is 0.714. The summed E-state index contributed by atoms with van der Waals surface area (Å²) in [6, 6.07) is 12.7. The average Bonchev–Trinajstić information content (AvgIpc) is 2.45. The number of rotatable bonds is 2. The molecule has 0 amide bonds. The molecular formula is C16H12Cl2N2O. The number of nitrogens with zero attached hydrogens (tertiary/aromatic N) is 2. The lowest BCUT2D eigenvalue weighted by atomic mass is 10.2. The van der Waals surface area contributed by atoms with Crippen molar-refractivity contribution in [2.75, 3.05) is 0 Å². The topological polar surface area (TPSA) is 34.9 Å². The van der Waals surface area contributed by atoms with Crippen LogP contribution in [0.4, 0.5) is 0 Å². The molecular weight excluding hydrogens is 307 g/mol. The molecule has 3 nitrogen and oxygen atoms in total. The van der Waals surface area contributed by atoms with Crippen molar-refractivity contribution in [3.63, 3.8) is 0 Å². The average molecular weight is 319 g/mol. The van der Waals surface area contributed by atoms with Crippen LogP contribution in [0.3, 0.4) is 0 Å². The highest BCUT2D eigenvalue weighted by Gasteiger charge is 2.12. The molecule has 0 aliphatic carbocycles. The maximum Gasteiger partial charge on any atom is 0.263 e. The van der Waals surface area contributed by atoms with E-state index in [1.807, 2.05) is 18.2 Å². The summed E-state index contributed by atoms with van der Waals surface area (Å²) in [4.78, 5) is 17.1. The van der Waals surface area contributed by atoms with Crippen molar-refractivity contribution < 1.29 is 0 Å². The van der Waals surface area contributed by atoms with Crippen LogP contribution in [-0.4, -0.2) is 9.55 Å². The molecule has 3 aromatic rings. The lowest BCUT2D eigenvalue weighted by Crippen LogP contribution is -2.24. The molecule has 1 aromatic heterocycles. The molecule has 1 heterocycles. The minimum absolute atomic E-state index is 0.150. The highest BCUT2D eigenvalue weighted by Crippen LogP contribution is 2.20. The summed E-state index contributed by atoms with van der Waals surface area (Å²) >= 11 is 12.3. The number of aryl methyl sites for hydroxylation is 1. The summed E-state index contributed by atoms with van der Waals surface area (Å²) in [5, 5.41) is 1.48. The van der Waals surface area contributed by atoms with E-state index in [2.05, 4.69) is 4.98 Å². The zero-order chi connectivity index (χ0) is 15.0. The molecule has 5 heteroatoms. The Bertz CT molecular complexity index is 887. The van der Waals surface area contributed by atoms with Crippen molar-refractivity contribution in [3.8, 4) is 0 Å². The Morgan fingerprint density at radius 2 is 1.76 bits per heavy atom. The molecule has 0 unspecified atom stereocenters. The minimum Gasteiger partial charge on any atom is -0.292 e. The fourth-order valence-electron chi connectivity index (χ4n) is 2.32. The van der Waals surface area contributed by atoms with Gasteiger partial charge in [-0.15, -0.1) is 0 Å². The van der Waals surface area contributed by atoms with E-state index in [0.717, 1.165) is 5.56 Å². The van der Waals surface area contributed by atoms with E-state index in [-0.39, 0.29) is 5.56 Å². The molecule has 0 saturated heterocycles. The van der Waals surface area contributed by atoms with Gasteiger partial charge in [-0.25, -0.2) is 4.98 Å². The first-order valence-corrected chi connectivity index (χ1v) is 7.22. The molecule has 0 aliphatic heterocycles. The predicted octanol–water partition coefficient (Wildman–Crippen LogP) is 4.06. The number of hydrogen-bond donors (Lipinski definition) is 0. The smallest absolute Gasteiger partial charge is 0.263 e. The van der Waals surface area contributed by atoms with E-state index < -0.39 is 0 Å². The standard InChI is InChI=1S/C16H12Cl2N2O/c1-10-19-14-8-4-7-13(18)15(14)16(21)20(10)9-11-5-2-3-6-12(11)17/h2-8H,9H2,1H3. The van der Waals surface area contributed by atoms with Crippen molar-refractivity contribution in [1.82, 2.24) is 9.55 Å². The van der Waals surface area contributed by atoms with Crippen LogP contribution in [0.1, 0.15) is 11.4 Å². The van der Waals surface area contributed by atoms with Crippen molar-refractivity contribution in [3.05, 3.63) is 74.3 Å². The third-order valence-electron chi connectivity index (χ3n) is 3.41. The minimum atomic E-state index is -0.150. The highest BCUT2D eigenvalue weighted by molar-refractivity contribution is 6.35. The van der Waals surface area contributed by atoms with Gasteiger partial charge in [-0.3, -0.25) is 9.36 Å². The molecule has 0 radical (unpaired) electrons. The first kappa shape index (κ1) is 14.1. The van der Waals surface area contributed by atoms with Crippen molar-refractivity contribution in [2.24, 2.45) is 0 Å². The fraction of sp³-hybridized carbons (Fsp3) is 0.125. The summed E-state index contributed by atoms with van der Waals surface area (Å²) in [6.45, 7) is 2.18. The summed E-state index contributed by atoms with van der Waals surface area (Å²) in [7, 11) is 0. The van der Waals surface area contributed by atoms with Crippen LogP contribution in [0.15, 0.2) is 47.3 Å². The van der Waals surface area contributed by atoms with Gasteiger partial charge < -0.3 is 0 Å². The summed E-state index contributed by atoms with van der Waals surface area (Å²) in [6.07, 6.45) is 0. The Morgan fingerprint density at radius 3 is 2.52 bits per heavy atom. The van der Waals surface area contributed by atoms with Gasteiger partial charge in [0, 0.05) is 5.02 Å². The van der Waals surface area contributed by atoms with Crippen LogP contribution >= 0.6 is 23.2 Å². The van der Waals surface area contributed by atoms with Crippen LogP contribution in [0.2, 0.25) is 10.0 Å². The molecule has 0 aliphatic rings. The van der Waals surface area contributed by atoms with Crippen LogP contribution in [0, 0.1) is 6.92 Å². The molecule has 0 fully saturated rings. The first-order chi connectivity index (χ1) is 10.1. The molecule has 3 rings (SSSR count). The Labute approximate surface area is 131 Å². The molecule has 0 N–H and O–H groups in total. The summed E-state index contributed by atoms with van der Waals surface area (Å²) < 4.78 is 1.59. The number of aromatic nitrogens is 2. The van der Waals surface area contributed by atoms with Crippen LogP contribution in [0.5, 0.6) is 0 Å². The van der Waals surface area contributed by atoms with Gasteiger partial charge in [0.05, 0.1) is 22.5 Å². The number of benzene rings is 2. The second kappa shape index (κ2) is 5.51. The second-order valence-corrected chi connectivity index (χ2v) is 5.59. The monoisotopic (exact) mass is 318 g/mol. The van der Waals surface area contributed by atoms with Gasteiger partial charge in [0.1, 0.15) is 5.82 Å². The van der Waals surface area contributed by atoms with Gasteiger partial charge in [0.15, 0.2) is 0 Å². The lowest BCUT2D eigenvalue weighted by molar-refractivity contribution is 0.713. The number of hydrogen-bond acceptors (Lipinski definition) is 2. The Balaban J connectivity index is 2.22. The van der Waals surface area contributed by atoms with E-state index >= 15 is 0 Å². The molecule has 21 heavy (non-hydrogen) atoms. The molecule has 0 saturated carbocycles. The van der Waals surface area contributed by atoms with Crippen LogP contribution < -0.4 is 5.56 Å². The predicted molar refractivity (Wildman–Crippen MR) is 86.3 cm³/mol. The number of fused-ring (bicyclic) bond motifs is 1. The number of halogens is 2. The van der Waals surface area contributed by atoms with Gasteiger partial charge in [0.2, 0.25) is 0 Å². The fourth-order valence-corrected chi connectivity index (χ4v) is 2.76. The highest BCUT2D eigenvalue weighted by atomic mass is 35.5. The van der Waals surface area contributed by atoms with Crippen molar-refractivity contribution in [2.45, 2.75) is 13.5 Å². The van der Waals surface area contributed by atoms with Gasteiger partial charge in [0.25, 0.3) is 5.56 Å². The third-order valence-corrected chi connectivity index (χ3v) is 4.09. The van der Waals surface area contributed by atoms with Crippen LogP contribution in [-0.2, 0) is 6.54 Å². The Kier molecular flexibility index (Phi) is 3.70. The molecule has 0 atom stereocenters. The van der Waals surface area contributed by atoms with Crippen LogP contribution in [0.25, 0.3) is 10.9 Å². The maximum atomic E-state index is 12.7. The normalized spacial score (nSPS) is 11.0. The van der Waals surface area contributed by atoms with Gasteiger partial charge >= 0.3 is 0 Å². The zero-order valence-corrected chi connectivity index (χ0v) is 12.8. The van der Waals surface area contributed by atoms with E-state index in [9.17, 15) is 4.79 Å².